The van der Waals surface area contributed by atoms with Gasteiger partial charge in [0.1, 0.15) is 0 Å². The van der Waals surface area contributed by atoms with Crippen LogP contribution in [0.4, 0.5) is 9.52 Å². The monoisotopic (exact) mass is 376 g/mol. The number of halogens is 1. The van der Waals surface area contributed by atoms with Crippen LogP contribution in [0.15, 0.2) is 64.7 Å². The van der Waals surface area contributed by atoms with E-state index in [1.165, 1.54) is 23.5 Å². The maximum atomic E-state index is 14.1. The molecule has 0 atom stereocenters. The zero-order valence-electron chi connectivity index (χ0n) is 13.1. The molecule has 0 radical (unpaired) electrons. The minimum atomic E-state index is -4.35. The third kappa shape index (κ3) is 3.75. The summed E-state index contributed by atoms with van der Waals surface area (Å²) in [5.41, 5.74) is 1.54. The molecule has 8 heteroatoms. The third-order valence-electron chi connectivity index (χ3n) is 3.36. The maximum Gasteiger partial charge on any atom is 0.253 e. The predicted molar refractivity (Wildman–Crippen MR) is 95.8 cm³/mol. The van der Waals surface area contributed by atoms with Crippen LogP contribution in [0.25, 0.3) is 10.2 Å². The molecule has 0 aliphatic rings. The Labute approximate surface area is 147 Å². The van der Waals surface area contributed by atoms with Crippen molar-refractivity contribution < 1.29 is 17.6 Å². The van der Waals surface area contributed by atoms with E-state index < -0.39 is 20.9 Å². The van der Waals surface area contributed by atoms with Crippen molar-refractivity contribution in [2.24, 2.45) is 0 Å². The van der Waals surface area contributed by atoms with Crippen molar-refractivity contribution in [3.8, 4) is 0 Å². The third-order valence-corrected chi connectivity index (χ3v) is 5.83. The molecule has 3 aromatic rings. The number of carbonyl (C=O) groups is 1. The second-order valence-corrected chi connectivity index (χ2v) is 8.14. The molecular weight excluding hydrogens is 363 g/mol. The summed E-state index contributed by atoms with van der Waals surface area (Å²) in [5.74, 6) is -0.896. The number of aromatic nitrogens is 1. The molecule has 0 aliphatic carbocycles. The first kappa shape index (κ1) is 17.2. The fraction of sp³-hybridized carbons (Fsp3) is 0.0588. The normalized spacial score (nSPS) is 12.3. The number of benzene rings is 2. The Morgan fingerprint density at radius 2 is 1.84 bits per heavy atom. The van der Waals surface area contributed by atoms with E-state index in [1.807, 2.05) is 12.1 Å². The Bertz CT molecular complexity index is 1040. The zero-order valence-corrected chi connectivity index (χ0v) is 14.7. The largest absolute Gasteiger partial charge is 0.298 e. The molecule has 1 aromatic heterocycles. The predicted octanol–water partition coefficient (Wildman–Crippen LogP) is 3.83. The lowest BCUT2D eigenvalue weighted by atomic mass is 10.2. The lowest BCUT2D eigenvalue weighted by Crippen LogP contribution is -2.11. The summed E-state index contributed by atoms with van der Waals surface area (Å²) < 4.78 is 39.2. The number of hydrogen-bond donors (Lipinski definition) is 1. The van der Waals surface area contributed by atoms with Crippen LogP contribution in [0.1, 0.15) is 5.56 Å². The topological polar surface area (TPSA) is 76.1 Å². The van der Waals surface area contributed by atoms with Gasteiger partial charge in [0.15, 0.2) is 5.13 Å². The van der Waals surface area contributed by atoms with Gasteiger partial charge in [-0.25, -0.2) is 13.4 Å². The average Bonchev–Trinajstić information content (AvgIpc) is 2.97. The van der Waals surface area contributed by atoms with E-state index >= 15 is 0 Å². The molecule has 2 aromatic carbocycles. The van der Waals surface area contributed by atoms with Crippen molar-refractivity contribution in [2.45, 2.75) is 11.8 Å². The number of rotatable bonds is 4. The molecule has 25 heavy (non-hydrogen) atoms. The number of aryl methyl sites for hydroxylation is 1. The number of hydrogen-bond acceptors (Lipinski definition) is 5. The first-order valence-electron chi connectivity index (χ1n) is 7.22. The van der Waals surface area contributed by atoms with Crippen LogP contribution >= 0.6 is 11.3 Å². The van der Waals surface area contributed by atoms with Crippen molar-refractivity contribution >= 4 is 42.4 Å². The lowest BCUT2D eigenvalue weighted by molar-refractivity contribution is -0.112. The second-order valence-electron chi connectivity index (χ2n) is 5.24. The van der Waals surface area contributed by atoms with Crippen molar-refractivity contribution in [1.82, 2.24) is 4.98 Å². The number of sulfone groups is 1. The van der Waals surface area contributed by atoms with Gasteiger partial charge in [-0.15, -0.1) is 0 Å². The van der Waals surface area contributed by atoms with Gasteiger partial charge in [-0.3, -0.25) is 10.1 Å². The second kappa shape index (κ2) is 6.73. The first-order valence-corrected chi connectivity index (χ1v) is 9.52. The summed E-state index contributed by atoms with van der Waals surface area (Å²) in [7, 11) is -4.35. The van der Waals surface area contributed by atoms with Gasteiger partial charge in [0.2, 0.25) is 15.0 Å². The quantitative estimate of drug-likeness (QED) is 0.702. The molecule has 1 heterocycles. The van der Waals surface area contributed by atoms with Gasteiger partial charge in [0.05, 0.1) is 21.2 Å². The van der Waals surface area contributed by atoms with E-state index in [1.54, 1.807) is 31.2 Å². The number of amides is 1. The summed E-state index contributed by atoms with van der Waals surface area (Å²) in [4.78, 5) is 15.9. The smallest absolute Gasteiger partial charge is 0.253 e. The summed E-state index contributed by atoms with van der Waals surface area (Å²) in [5, 5.41) is 1.13. The van der Waals surface area contributed by atoms with Gasteiger partial charge in [0.25, 0.3) is 5.91 Å². The molecule has 0 saturated heterocycles. The Morgan fingerprint density at radius 3 is 2.52 bits per heavy atom. The van der Waals surface area contributed by atoms with Crippen molar-refractivity contribution in [3.63, 3.8) is 0 Å². The Morgan fingerprint density at radius 1 is 1.16 bits per heavy atom. The van der Waals surface area contributed by atoms with E-state index in [0.717, 1.165) is 10.3 Å². The SMILES string of the molecule is Cc1ccc(S(=O)(=O)C(F)=CC(=O)Nc2nc3ccccc3s2)cc1. The number of nitrogens with one attached hydrogen (secondary N) is 1. The zero-order chi connectivity index (χ0) is 18.0. The van der Waals surface area contributed by atoms with E-state index in [2.05, 4.69) is 10.3 Å². The van der Waals surface area contributed by atoms with Crippen LogP contribution in [0.2, 0.25) is 0 Å². The molecule has 0 saturated carbocycles. The summed E-state index contributed by atoms with van der Waals surface area (Å²) in [6.45, 7) is 1.79. The fourth-order valence-corrected chi connectivity index (χ4v) is 3.93. The van der Waals surface area contributed by atoms with Crippen molar-refractivity contribution in [1.29, 1.82) is 0 Å². The maximum absolute atomic E-state index is 14.1. The van der Waals surface area contributed by atoms with E-state index in [-0.39, 0.29) is 10.0 Å². The molecule has 3 rings (SSSR count). The highest BCUT2D eigenvalue weighted by Crippen LogP contribution is 2.26. The highest BCUT2D eigenvalue weighted by Gasteiger charge is 2.22. The summed E-state index contributed by atoms with van der Waals surface area (Å²) in [6, 6.07) is 13.0. The molecule has 0 bridgehead atoms. The average molecular weight is 376 g/mol. The fourth-order valence-electron chi connectivity index (χ4n) is 2.08. The van der Waals surface area contributed by atoms with Gasteiger partial charge in [-0.2, -0.15) is 4.39 Å². The molecule has 0 unspecified atom stereocenters. The molecule has 0 spiro atoms. The number of anilines is 1. The Kier molecular flexibility index (Phi) is 4.65. The van der Waals surface area contributed by atoms with Crippen LogP contribution in [0.5, 0.6) is 0 Å². The number of nitrogens with zero attached hydrogens (tertiary/aromatic N) is 1. The Balaban J connectivity index is 1.81. The van der Waals surface area contributed by atoms with Crippen LogP contribution in [-0.2, 0) is 14.6 Å². The number of para-hydroxylation sites is 1. The van der Waals surface area contributed by atoms with Gasteiger partial charge in [-0.05, 0) is 31.2 Å². The molecule has 1 amide bonds. The van der Waals surface area contributed by atoms with Crippen LogP contribution in [0, 0.1) is 6.92 Å². The highest BCUT2D eigenvalue weighted by atomic mass is 32.2. The molecular formula is C17H13FN2O3S2. The number of carbonyl (C=O) groups excluding carboxylic acids is 1. The van der Waals surface area contributed by atoms with Crippen molar-refractivity contribution in [2.75, 3.05) is 5.32 Å². The van der Waals surface area contributed by atoms with Gasteiger partial charge in [0, 0.05) is 0 Å². The summed E-state index contributed by atoms with van der Waals surface area (Å²) in [6.07, 6.45) is 0.418. The molecule has 128 valence electrons. The Hall–Kier alpha value is -2.58. The van der Waals surface area contributed by atoms with Crippen LogP contribution < -0.4 is 5.32 Å². The van der Waals surface area contributed by atoms with Gasteiger partial charge >= 0.3 is 0 Å². The van der Waals surface area contributed by atoms with Gasteiger partial charge in [-0.1, -0.05) is 41.2 Å². The first-order chi connectivity index (χ1) is 11.9. The molecule has 1 N–H and O–H groups in total. The molecule has 0 aliphatic heterocycles. The number of thiazole rings is 1. The minimum Gasteiger partial charge on any atom is -0.298 e. The molecule has 0 fully saturated rings. The van der Waals surface area contributed by atoms with Gasteiger partial charge < -0.3 is 0 Å². The van der Waals surface area contributed by atoms with E-state index in [0.29, 0.717) is 11.6 Å². The minimum absolute atomic E-state index is 0.209. The van der Waals surface area contributed by atoms with E-state index in [9.17, 15) is 17.6 Å². The number of fused-ring (bicyclic) bond motifs is 1. The highest BCUT2D eigenvalue weighted by molar-refractivity contribution is 7.95. The standard InChI is InChI=1S/C17H13FN2O3S2/c1-11-6-8-12(9-7-11)25(22,23)15(18)10-16(21)20-17-19-13-4-2-3-5-14(13)24-17/h2-10H,1H3,(H,19,20,21). The van der Waals surface area contributed by atoms with Crippen LogP contribution in [-0.4, -0.2) is 19.3 Å². The molecule has 5 nitrogen and oxygen atoms in total. The van der Waals surface area contributed by atoms with Crippen molar-refractivity contribution in [3.05, 3.63) is 65.3 Å². The van der Waals surface area contributed by atoms with Crippen LogP contribution in [0.3, 0.4) is 0 Å². The lowest BCUT2D eigenvalue weighted by Gasteiger charge is -2.02. The summed E-state index contributed by atoms with van der Waals surface area (Å²) >= 11 is 1.21. The van der Waals surface area contributed by atoms with E-state index in [4.69, 9.17) is 0 Å².